The molecule has 110 valence electrons. The van der Waals surface area contributed by atoms with Gasteiger partial charge in [-0.15, -0.1) is 0 Å². The average molecular weight is 286 g/mol. The zero-order chi connectivity index (χ0) is 15.2. The summed E-state index contributed by atoms with van der Waals surface area (Å²) in [6.07, 6.45) is 0.786. The molecule has 2 amide bonds. The van der Waals surface area contributed by atoms with E-state index in [1.807, 2.05) is 0 Å². The van der Waals surface area contributed by atoms with Crippen molar-refractivity contribution in [2.45, 2.75) is 6.42 Å². The second-order valence-electron chi connectivity index (χ2n) is 4.93. The SMILES string of the molecule is CN1CCCN(C(=O)c2ccc(C#CCO)cc2)CC1=O. The molecule has 1 aliphatic rings. The molecule has 0 atom stereocenters. The third-order valence-electron chi connectivity index (χ3n) is 3.40. The summed E-state index contributed by atoms with van der Waals surface area (Å²) in [7, 11) is 1.75. The summed E-state index contributed by atoms with van der Waals surface area (Å²) in [6.45, 7) is 1.20. The summed E-state index contributed by atoms with van der Waals surface area (Å²) >= 11 is 0. The van der Waals surface area contributed by atoms with Gasteiger partial charge in [-0.2, -0.15) is 0 Å². The van der Waals surface area contributed by atoms with Crippen molar-refractivity contribution < 1.29 is 14.7 Å². The molecule has 0 aromatic heterocycles. The fraction of sp³-hybridized carbons (Fsp3) is 0.375. The molecule has 1 heterocycles. The van der Waals surface area contributed by atoms with Crippen molar-refractivity contribution >= 4 is 11.8 Å². The number of nitrogens with zero attached hydrogens (tertiary/aromatic N) is 2. The van der Waals surface area contributed by atoms with Gasteiger partial charge in [-0.25, -0.2) is 0 Å². The Morgan fingerprint density at radius 3 is 2.67 bits per heavy atom. The average Bonchev–Trinajstić information content (AvgIpc) is 2.67. The summed E-state index contributed by atoms with van der Waals surface area (Å²) in [5, 5.41) is 8.64. The van der Waals surface area contributed by atoms with E-state index in [4.69, 9.17) is 5.11 Å². The van der Waals surface area contributed by atoms with Gasteiger partial charge in [0.1, 0.15) is 13.2 Å². The lowest BCUT2D eigenvalue weighted by atomic mass is 10.1. The van der Waals surface area contributed by atoms with Crippen molar-refractivity contribution in [2.24, 2.45) is 0 Å². The Bertz CT molecular complexity index is 584. The Hall–Kier alpha value is -2.32. The van der Waals surface area contributed by atoms with Crippen molar-refractivity contribution in [2.75, 3.05) is 33.3 Å². The summed E-state index contributed by atoms with van der Waals surface area (Å²) in [4.78, 5) is 27.5. The number of carbonyl (C=O) groups excluding carboxylic acids is 2. The van der Waals surface area contributed by atoms with E-state index in [1.165, 1.54) is 0 Å². The zero-order valence-electron chi connectivity index (χ0n) is 12.0. The Kier molecular flexibility index (Phi) is 4.96. The maximum atomic E-state index is 12.4. The summed E-state index contributed by atoms with van der Waals surface area (Å²) in [6, 6.07) is 6.87. The summed E-state index contributed by atoms with van der Waals surface area (Å²) < 4.78 is 0. The molecule has 1 N–H and O–H groups in total. The topological polar surface area (TPSA) is 60.9 Å². The van der Waals surface area contributed by atoms with Gasteiger partial charge in [-0.05, 0) is 30.7 Å². The fourth-order valence-corrected chi connectivity index (χ4v) is 2.18. The molecule has 5 nitrogen and oxygen atoms in total. The molecule has 0 spiro atoms. The van der Waals surface area contributed by atoms with E-state index in [9.17, 15) is 9.59 Å². The highest BCUT2D eigenvalue weighted by Crippen LogP contribution is 2.10. The predicted octanol–water partition coefficient (Wildman–Crippen LogP) is 0.335. The number of aliphatic hydroxyl groups is 1. The molecule has 2 rings (SSSR count). The number of hydrogen-bond acceptors (Lipinski definition) is 3. The Balaban J connectivity index is 2.10. The van der Waals surface area contributed by atoms with E-state index in [2.05, 4.69) is 11.8 Å². The minimum Gasteiger partial charge on any atom is -0.384 e. The van der Waals surface area contributed by atoms with Gasteiger partial charge in [0, 0.05) is 31.3 Å². The monoisotopic (exact) mass is 286 g/mol. The first kappa shape index (κ1) is 15.1. The molecule has 1 aromatic rings. The normalized spacial score (nSPS) is 15.2. The maximum Gasteiger partial charge on any atom is 0.254 e. The van der Waals surface area contributed by atoms with Crippen LogP contribution in [0.15, 0.2) is 24.3 Å². The third kappa shape index (κ3) is 3.83. The van der Waals surface area contributed by atoms with Gasteiger partial charge in [-0.1, -0.05) is 11.8 Å². The molecule has 5 heteroatoms. The van der Waals surface area contributed by atoms with Crippen LogP contribution in [0, 0.1) is 11.8 Å². The van der Waals surface area contributed by atoms with Crippen LogP contribution < -0.4 is 0 Å². The molecular weight excluding hydrogens is 268 g/mol. The van der Waals surface area contributed by atoms with E-state index in [0.717, 1.165) is 12.0 Å². The molecular formula is C16H18N2O3. The van der Waals surface area contributed by atoms with Crippen LogP contribution in [0.5, 0.6) is 0 Å². The lowest BCUT2D eigenvalue weighted by Crippen LogP contribution is -2.38. The minimum absolute atomic E-state index is 0.0358. The van der Waals surface area contributed by atoms with Gasteiger partial charge in [0.05, 0.1) is 0 Å². The molecule has 1 aliphatic heterocycles. The molecule has 0 aliphatic carbocycles. The molecule has 0 unspecified atom stereocenters. The second-order valence-corrected chi connectivity index (χ2v) is 4.93. The second kappa shape index (κ2) is 6.91. The van der Waals surface area contributed by atoms with Gasteiger partial charge >= 0.3 is 0 Å². The highest BCUT2D eigenvalue weighted by Gasteiger charge is 2.23. The molecule has 1 saturated heterocycles. The molecule has 1 fully saturated rings. The van der Waals surface area contributed by atoms with Crippen LogP contribution in [0.3, 0.4) is 0 Å². The molecule has 0 radical (unpaired) electrons. The van der Waals surface area contributed by atoms with Crippen molar-refractivity contribution in [1.29, 1.82) is 0 Å². The lowest BCUT2D eigenvalue weighted by molar-refractivity contribution is -0.129. The van der Waals surface area contributed by atoms with E-state index < -0.39 is 0 Å². The van der Waals surface area contributed by atoms with Gasteiger partial charge in [0.15, 0.2) is 0 Å². The van der Waals surface area contributed by atoms with Gasteiger partial charge in [-0.3, -0.25) is 9.59 Å². The Labute approximate surface area is 124 Å². The van der Waals surface area contributed by atoms with Crippen LogP contribution in [0.25, 0.3) is 0 Å². The standard InChI is InChI=1S/C16H18N2O3/c1-17-9-3-10-18(12-15(17)20)16(21)14-7-5-13(6-8-14)4-2-11-19/h5-8,19H,3,9-12H2,1H3. The largest absolute Gasteiger partial charge is 0.384 e. The Morgan fingerprint density at radius 2 is 2.00 bits per heavy atom. The summed E-state index contributed by atoms with van der Waals surface area (Å²) in [5.41, 5.74) is 1.29. The first-order valence-electron chi connectivity index (χ1n) is 6.85. The maximum absolute atomic E-state index is 12.4. The van der Waals surface area contributed by atoms with E-state index in [0.29, 0.717) is 18.7 Å². The first-order chi connectivity index (χ1) is 10.1. The highest BCUT2D eigenvalue weighted by atomic mass is 16.2. The van der Waals surface area contributed by atoms with Crippen molar-refractivity contribution in [3.63, 3.8) is 0 Å². The molecule has 0 saturated carbocycles. The number of benzene rings is 1. The number of likely N-dealkylation sites (N-methyl/N-ethyl adjacent to an activating group) is 1. The van der Waals surface area contributed by atoms with Crippen LogP contribution in [0.2, 0.25) is 0 Å². The predicted molar refractivity (Wildman–Crippen MR) is 78.6 cm³/mol. The quantitative estimate of drug-likeness (QED) is 0.757. The highest BCUT2D eigenvalue weighted by molar-refractivity contribution is 5.96. The minimum atomic E-state index is -0.190. The number of amides is 2. The van der Waals surface area contributed by atoms with Crippen LogP contribution >= 0.6 is 0 Å². The third-order valence-corrected chi connectivity index (χ3v) is 3.40. The van der Waals surface area contributed by atoms with Crippen molar-refractivity contribution in [3.05, 3.63) is 35.4 Å². The van der Waals surface area contributed by atoms with Gasteiger partial charge in [0.2, 0.25) is 5.91 Å². The lowest BCUT2D eigenvalue weighted by Gasteiger charge is -2.19. The number of carbonyl (C=O) groups is 2. The smallest absolute Gasteiger partial charge is 0.254 e. The van der Waals surface area contributed by atoms with Crippen LogP contribution in [-0.4, -0.2) is 60.0 Å². The van der Waals surface area contributed by atoms with Crippen molar-refractivity contribution in [3.8, 4) is 11.8 Å². The van der Waals surface area contributed by atoms with E-state index >= 15 is 0 Å². The Morgan fingerprint density at radius 1 is 1.29 bits per heavy atom. The fourth-order valence-electron chi connectivity index (χ4n) is 2.18. The van der Waals surface area contributed by atoms with E-state index in [1.54, 1.807) is 41.1 Å². The molecule has 21 heavy (non-hydrogen) atoms. The molecule has 0 bridgehead atoms. The van der Waals surface area contributed by atoms with Crippen LogP contribution in [-0.2, 0) is 4.79 Å². The zero-order valence-corrected chi connectivity index (χ0v) is 12.0. The number of aliphatic hydroxyl groups excluding tert-OH is 1. The number of rotatable bonds is 1. The number of hydrogen-bond donors (Lipinski definition) is 1. The summed E-state index contributed by atoms with van der Waals surface area (Å²) in [5.74, 6) is 5.16. The van der Waals surface area contributed by atoms with Gasteiger partial charge < -0.3 is 14.9 Å². The van der Waals surface area contributed by atoms with E-state index in [-0.39, 0.29) is 25.0 Å². The van der Waals surface area contributed by atoms with Gasteiger partial charge in [0.25, 0.3) is 5.91 Å². The first-order valence-corrected chi connectivity index (χ1v) is 6.85. The molecule has 1 aromatic carbocycles. The van der Waals surface area contributed by atoms with Crippen LogP contribution in [0.1, 0.15) is 22.3 Å². The van der Waals surface area contributed by atoms with Crippen molar-refractivity contribution in [1.82, 2.24) is 9.80 Å². The van der Waals surface area contributed by atoms with Crippen LogP contribution in [0.4, 0.5) is 0 Å².